The molecule has 2 fully saturated rings. The maximum atomic E-state index is 5.93. The first-order valence-electron chi connectivity index (χ1n) is 7.93. The van der Waals surface area contributed by atoms with Crippen molar-refractivity contribution >= 4 is 0 Å². The maximum Gasteiger partial charge on any atom is 0.0107 e. The predicted molar refractivity (Wildman–Crippen MR) is 77.7 cm³/mol. The van der Waals surface area contributed by atoms with Crippen LogP contribution in [-0.2, 0) is 0 Å². The third-order valence-electron chi connectivity index (χ3n) is 5.15. The lowest BCUT2D eigenvalue weighted by atomic mass is 9.83. The number of nitrogens with two attached hydrogens (primary N) is 1. The molecular weight excluding hydrogens is 222 g/mol. The zero-order valence-electron chi connectivity index (χ0n) is 12.1. The molecule has 1 heterocycles. The van der Waals surface area contributed by atoms with Gasteiger partial charge in [-0.25, -0.2) is 0 Å². The van der Waals surface area contributed by atoms with Gasteiger partial charge in [-0.15, -0.1) is 0 Å². The maximum absolute atomic E-state index is 5.93. The average molecular weight is 253 g/mol. The van der Waals surface area contributed by atoms with E-state index in [1.54, 1.807) is 0 Å². The van der Waals surface area contributed by atoms with E-state index in [2.05, 4.69) is 17.1 Å². The monoisotopic (exact) mass is 253 g/mol. The summed E-state index contributed by atoms with van der Waals surface area (Å²) in [5, 5.41) is 3.70. The summed E-state index contributed by atoms with van der Waals surface area (Å²) in [7, 11) is 0. The van der Waals surface area contributed by atoms with Gasteiger partial charge in [0.25, 0.3) is 0 Å². The van der Waals surface area contributed by atoms with Crippen molar-refractivity contribution in [3.8, 4) is 0 Å². The van der Waals surface area contributed by atoms with E-state index < -0.39 is 0 Å². The lowest BCUT2D eigenvalue weighted by Gasteiger charge is -2.31. The van der Waals surface area contributed by atoms with Crippen LogP contribution in [0.25, 0.3) is 0 Å². The zero-order valence-corrected chi connectivity index (χ0v) is 12.1. The third kappa shape index (κ3) is 3.94. The molecule has 0 unspecified atom stereocenters. The van der Waals surface area contributed by atoms with Crippen molar-refractivity contribution in [2.45, 2.75) is 57.9 Å². The van der Waals surface area contributed by atoms with E-state index in [1.807, 2.05) is 0 Å². The van der Waals surface area contributed by atoms with Crippen LogP contribution in [-0.4, -0.2) is 43.7 Å². The lowest BCUT2D eigenvalue weighted by Crippen LogP contribution is -2.43. The van der Waals surface area contributed by atoms with Crippen molar-refractivity contribution in [1.29, 1.82) is 0 Å². The highest BCUT2D eigenvalue weighted by Gasteiger charge is 2.31. The average Bonchev–Trinajstić information content (AvgIpc) is 2.86. The Bertz CT molecular complexity index is 228. The lowest BCUT2D eigenvalue weighted by molar-refractivity contribution is 0.205. The summed E-state index contributed by atoms with van der Waals surface area (Å²) in [6.45, 7) is 8.34. The van der Waals surface area contributed by atoms with Crippen molar-refractivity contribution < 1.29 is 0 Å². The summed E-state index contributed by atoms with van der Waals surface area (Å²) in [4.78, 5) is 2.56. The van der Waals surface area contributed by atoms with Gasteiger partial charge in [0.2, 0.25) is 0 Å². The highest BCUT2D eigenvalue weighted by molar-refractivity contribution is 4.85. The summed E-state index contributed by atoms with van der Waals surface area (Å²) < 4.78 is 0. The molecule has 18 heavy (non-hydrogen) atoms. The molecule has 0 aromatic rings. The van der Waals surface area contributed by atoms with Crippen LogP contribution in [0.4, 0.5) is 0 Å². The van der Waals surface area contributed by atoms with Crippen molar-refractivity contribution in [2.24, 2.45) is 11.1 Å². The van der Waals surface area contributed by atoms with E-state index in [0.29, 0.717) is 11.5 Å². The number of nitrogens with zero attached hydrogens (tertiary/aromatic N) is 1. The van der Waals surface area contributed by atoms with Gasteiger partial charge >= 0.3 is 0 Å². The van der Waals surface area contributed by atoms with Crippen LogP contribution in [0.2, 0.25) is 0 Å². The SMILES string of the molecule is CCC1(CNCCN2CCC(N)CC2)CCCC1. The van der Waals surface area contributed by atoms with Crippen LogP contribution >= 0.6 is 0 Å². The number of hydrogen-bond donors (Lipinski definition) is 2. The Morgan fingerprint density at radius 3 is 2.50 bits per heavy atom. The molecule has 106 valence electrons. The molecule has 1 aliphatic carbocycles. The summed E-state index contributed by atoms with van der Waals surface area (Å²) >= 11 is 0. The van der Waals surface area contributed by atoms with E-state index in [1.165, 1.54) is 71.1 Å². The predicted octanol–water partition coefficient (Wildman–Crippen LogP) is 1.97. The van der Waals surface area contributed by atoms with E-state index in [-0.39, 0.29) is 0 Å². The van der Waals surface area contributed by atoms with Gasteiger partial charge in [0.15, 0.2) is 0 Å². The minimum absolute atomic E-state index is 0.455. The first-order chi connectivity index (χ1) is 8.74. The molecule has 0 spiro atoms. The van der Waals surface area contributed by atoms with Gasteiger partial charge in [0, 0.05) is 25.7 Å². The smallest absolute Gasteiger partial charge is 0.0107 e. The first kappa shape index (κ1) is 14.3. The van der Waals surface area contributed by atoms with Gasteiger partial charge in [-0.1, -0.05) is 19.8 Å². The van der Waals surface area contributed by atoms with Gasteiger partial charge in [-0.05, 0) is 50.6 Å². The Kier molecular flexibility index (Phi) is 5.46. The van der Waals surface area contributed by atoms with Crippen LogP contribution in [0.15, 0.2) is 0 Å². The van der Waals surface area contributed by atoms with Crippen molar-refractivity contribution in [3.05, 3.63) is 0 Å². The molecule has 1 aliphatic heterocycles. The molecule has 0 aromatic heterocycles. The van der Waals surface area contributed by atoms with Crippen molar-refractivity contribution in [1.82, 2.24) is 10.2 Å². The quantitative estimate of drug-likeness (QED) is 0.711. The summed E-state index contributed by atoms with van der Waals surface area (Å²) in [6, 6.07) is 0.455. The largest absolute Gasteiger partial charge is 0.328 e. The Morgan fingerprint density at radius 1 is 1.22 bits per heavy atom. The molecule has 0 amide bonds. The molecule has 2 aliphatic rings. The fourth-order valence-corrected chi connectivity index (χ4v) is 3.55. The van der Waals surface area contributed by atoms with Gasteiger partial charge in [-0.2, -0.15) is 0 Å². The summed E-state index contributed by atoms with van der Waals surface area (Å²) in [5.41, 5.74) is 6.56. The fourth-order valence-electron chi connectivity index (χ4n) is 3.55. The first-order valence-corrected chi connectivity index (χ1v) is 7.93. The van der Waals surface area contributed by atoms with Gasteiger partial charge in [0.1, 0.15) is 0 Å². The Morgan fingerprint density at radius 2 is 1.89 bits per heavy atom. The number of hydrogen-bond acceptors (Lipinski definition) is 3. The van der Waals surface area contributed by atoms with E-state index >= 15 is 0 Å². The molecule has 1 saturated heterocycles. The number of rotatable bonds is 6. The highest BCUT2D eigenvalue weighted by Crippen LogP contribution is 2.40. The van der Waals surface area contributed by atoms with Crippen LogP contribution in [0.1, 0.15) is 51.9 Å². The number of nitrogens with one attached hydrogen (secondary N) is 1. The highest BCUT2D eigenvalue weighted by atomic mass is 15.1. The van der Waals surface area contributed by atoms with E-state index in [0.717, 1.165) is 6.54 Å². The second-order valence-electron chi connectivity index (χ2n) is 6.42. The normalized spacial score (nSPS) is 25.7. The standard InChI is InChI=1S/C15H31N3/c1-2-15(7-3-4-8-15)13-17-9-12-18-10-5-14(16)6-11-18/h14,17H,2-13,16H2,1H3. The molecule has 3 nitrogen and oxygen atoms in total. The second-order valence-corrected chi connectivity index (χ2v) is 6.42. The van der Waals surface area contributed by atoms with E-state index in [4.69, 9.17) is 5.73 Å². The Labute approximate surface area is 112 Å². The molecule has 3 N–H and O–H groups in total. The third-order valence-corrected chi connectivity index (χ3v) is 5.15. The summed E-state index contributed by atoms with van der Waals surface area (Å²) in [6.07, 6.45) is 9.47. The molecule has 2 rings (SSSR count). The molecule has 1 saturated carbocycles. The molecule has 0 radical (unpaired) electrons. The van der Waals surface area contributed by atoms with Crippen LogP contribution in [0.3, 0.4) is 0 Å². The number of likely N-dealkylation sites (tertiary alicyclic amines) is 1. The topological polar surface area (TPSA) is 41.3 Å². The van der Waals surface area contributed by atoms with Gasteiger partial charge in [0.05, 0.1) is 0 Å². The minimum atomic E-state index is 0.455. The molecule has 0 aromatic carbocycles. The van der Waals surface area contributed by atoms with E-state index in [9.17, 15) is 0 Å². The molecule has 0 atom stereocenters. The Balaban J connectivity index is 1.58. The Hall–Kier alpha value is -0.120. The summed E-state index contributed by atoms with van der Waals surface area (Å²) in [5.74, 6) is 0. The fraction of sp³-hybridized carbons (Fsp3) is 1.00. The van der Waals surface area contributed by atoms with Crippen molar-refractivity contribution in [2.75, 3.05) is 32.7 Å². The van der Waals surface area contributed by atoms with Crippen LogP contribution in [0.5, 0.6) is 0 Å². The second kappa shape index (κ2) is 6.88. The zero-order chi connectivity index (χ0) is 12.8. The van der Waals surface area contributed by atoms with Crippen molar-refractivity contribution in [3.63, 3.8) is 0 Å². The molecular formula is C15H31N3. The molecule has 0 bridgehead atoms. The van der Waals surface area contributed by atoms with Crippen LogP contribution in [0, 0.1) is 5.41 Å². The minimum Gasteiger partial charge on any atom is -0.328 e. The van der Waals surface area contributed by atoms with Gasteiger partial charge < -0.3 is 16.0 Å². The van der Waals surface area contributed by atoms with Crippen LogP contribution < -0.4 is 11.1 Å². The van der Waals surface area contributed by atoms with Gasteiger partial charge in [-0.3, -0.25) is 0 Å². The number of piperidine rings is 1. The molecule has 3 heteroatoms.